The largest absolute Gasteiger partial charge is 0.497 e. The number of nitrogens with zero attached hydrogens (tertiary/aromatic N) is 3. The van der Waals surface area contributed by atoms with Gasteiger partial charge < -0.3 is 9.64 Å². The van der Waals surface area contributed by atoms with Gasteiger partial charge in [0.2, 0.25) is 5.91 Å². The Hall–Kier alpha value is -1.92. The van der Waals surface area contributed by atoms with E-state index in [0.717, 1.165) is 31.9 Å². The number of rotatable bonds is 4. The van der Waals surface area contributed by atoms with Gasteiger partial charge in [-0.1, -0.05) is 12.1 Å². The number of benzene rings is 1. The number of carbonyl (C=O) groups excluding carboxylic acids is 1. The number of likely N-dealkylation sites (tertiary alicyclic amines) is 2. The Labute approximate surface area is 152 Å². The Morgan fingerprint density at radius 1 is 1.28 bits per heavy atom. The summed E-state index contributed by atoms with van der Waals surface area (Å²) in [5.41, 5.74) is 2.50. The van der Waals surface area contributed by atoms with Crippen molar-refractivity contribution in [1.82, 2.24) is 14.2 Å². The van der Waals surface area contributed by atoms with E-state index in [1.165, 1.54) is 22.7 Å². The van der Waals surface area contributed by atoms with Gasteiger partial charge >= 0.3 is 0 Å². The Kier molecular flexibility index (Phi) is 4.48. The fraction of sp³-hybridized carbons (Fsp3) is 0.474. The smallest absolute Gasteiger partial charge is 0.219 e. The Morgan fingerprint density at radius 3 is 2.72 bits per heavy atom. The van der Waals surface area contributed by atoms with E-state index in [1.54, 1.807) is 14.0 Å². The van der Waals surface area contributed by atoms with Crippen LogP contribution in [0.1, 0.15) is 24.1 Å². The second-order valence-electron chi connectivity index (χ2n) is 7.04. The minimum absolute atomic E-state index is 0.166. The van der Waals surface area contributed by atoms with Crippen LogP contribution in [0.3, 0.4) is 0 Å². The fourth-order valence-electron chi connectivity index (χ4n) is 4.38. The van der Waals surface area contributed by atoms with Crippen molar-refractivity contribution < 1.29 is 9.53 Å². The monoisotopic (exact) mass is 357 g/mol. The average Bonchev–Trinajstić information content (AvgIpc) is 3.31. The van der Waals surface area contributed by atoms with E-state index < -0.39 is 0 Å². The Morgan fingerprint density at radius 2 is 2.08 bits per heavy atom. The molecule has 5 nitrogen and oxygen atoms in total. The summed E-state index contributed by atoms with van der Waals surface area (Å²) in [6.07, 6.45) is 1.96. The van der Waals surface area contributed by atoms with Gasteiger partial charge in [0.05, 0.1) is 13.2 Å². The van der Waals surface area contributed by atoms with Crippen LogP contribution in [0.15, 0.2) is 35.8 Å². The number of aromatic nitrogens is 1. The zero-order valence-electron chi connectivity index (χ0n) is 14.6. The van der Waals surface area contributed by atoms with Gasteiger partial charge in [-0.25, -0.2) is 4.37 Å². The highest BCUT2D eigenvalue weighted by Crippen LogP contribution is 2.45. The van der Waals surface area contributed by atoms with Crippen LogP contribution >= 0.6 is 11.5 Å². The third-order valence-electron chi connectivity index (χ3n) is 5.49. The lowest BCUT2D eigenvalue weighted by Crippen LogP contribution is -2.34. The van der Waals surface area contributed by atoms with E-state index in [2.05, 4.69) is 31.7 Å². The molecule has 2 fully saturated rings. The van der Waals surface area contributed by atoms with Gasteiger partial charge in [0.15, 0.2) is 0 Å². The average molecular weight is 357 g/mol. The predicted octanol–water partition coefficient (Wildman–Crippen LogP) is 2.80. The van der Waals surface area contributed by atoms with Crippen LogP contribution in [0, 0.1) is 11.8 Å². The lowest BCUT2D eigenvalue weighted by Gasteiger charge is -2.29. The molecule has 0 bridgehead atoms. The summed E-state index contributed by atoms with van der Waals surface area (Å²) in [7, 11) is 1.68. The van der Waals surface area contributed by atoms with Gasteiger partial charge in [0.1, 0.15) is 5.75 Å². The summed E-state index contributed by atoms with van der Waals surface area (Å²) in [4.78, 5) is 16.8. The highest BCUT2D eigenvalue weighted by atomic mass is 32.1. The summed E-state index contributed by atoms with van der Waals surface area (Å²) in [6, 6.07) is 8.36. The van der Waals surface area contributed by atoms with E-state index in [4.69, 9.17) is 4.74 Å². The van der Waals surface area contributed by atoms with Gasteiger partial charge in [-0.3, -0.25) is 9.69 Å². The molecule has 132 valence electrons. The molecule has 0 N–H and O–H groups in total. The van der Waals surface area contributed by atoms with Crippen LogP contribution in [0.4, 0.5) is 0 Å². The van der Waals surface area contributed by atoms with Crippen molar-refractivity contribution in [3.8, 4) is 5.75 Å². The minimum atomic E-state index is 0.166. The number of fused-ring (bicyclic) bond motifs is 1. The minimum Gasteiger partial charge on any atom is -0.497 e. The number of hydrogen-bond donors (Lipinski definition) is 0. The van der Waals surface area contributed by atoms with Crippen molar-refractivity contribution >= 4 is 17.4 Å². The number of carbonyl (C=O) groups is 1. The molecule has 2 aliphatic heterocycles. The molecule has 2 aliphatic rings. The van der Waals surface area contributed by atoms with Crippen LogP contribution in [0.25, 0.3) is 0 Å². The standard InChI is InChI=1S/C19H23N3O2S/c1-13(23)22-10-16-9-21(8-14-7-20-25-12-14)11-18(16)19(22)15-3-5-17(24-2)6-4-15/h3-7,12,16,18-19H,8-11H2,1-2H3/t16-,18-,19+/m1/s1. The zero-order valence-corrected chi connectivity index (χ0v) is 15.4. The lowest BCUT2D eigenvalue weighted by atomic mass is 9.89. The summed E-state index contributed by atoms with van der Waals surface area (Å²) in [5.74, 6) is 2.06. The zero-order chi connectivity index (χ0) is 17.4. The van der Waals surface area contributed by atoms with E-state index in [1.807, 2.05) is 18.3 Å². The molecule has 25 heavy (non-hydrogen) atoms. The molecule has 2 aromatic rings. The highest BCUT2D eigenvalue weighted by molar-refractivity contribution is 7.03. The van der Waals surface area contributed by atoms with Crippen molar-refractivity contribution in [2.24, 2.45) is 11.8 Å². The maximum Gasteiger partial charge on any atom is 0.219 e. The molecule has 0 spiro atoms. The van der Waals surface area contributed by atoms with Crippen molar-refractivity contribution in [3.05, 3.63) is 47.0 Å². The number of methoxy groups -OCH3 is 1. The normalized spacial score (nSPS) is 26.0. The van der Waals surface area contributed by atoms with Gasteiger partial charge in [-0.2, -0.15) is 0 Å². The molecule has 1 aromatic heterocycles. The van der Waals surface area contributed by atoms with Crippen molar-refractivity contribution in [1.29, 1.82) is 0 Å². The first-order valence-electron chi connectivity index (χ1n) is 8.67. The van der Waals surface area contributed by atoms with Crippen LogP contribution in [-0.4, -0.2) is 46.8 Å². The van der Waals surface area contributed by atoms with Crippen molar-refractivity contribution in [2.75, 3.05) is 26.7 Å². The Bertz CT molecular complexity index is 732. The molecular formula is C19H23N3O2S. The molecule has 3 atom stereocenters. The van der Waals surface area contributed by atoms with Crippen LogP contribution < -0.4 is 4.74 Å². The Balaban J connectivity index is 1.55. The highest BCUT2D eigenvalue weighted by Gasteiger charge is 2.48. The van der Waals surface area contributed by atoms with Crippen LogP contribution in [0.2, 0.25) is 0 Å². The number of amides is 1. The molecule has 0 aliphatic carbocycles. The van der Waals surface area contributed by atoms with E-state index in [0.29, 0.717) is 11.8 Å². The summed E-state index contributed by atoms with van der Waals surface area (Å²) in [5, 5.41) is 2.12. The van der Waals surface area contributed by atoms with Crippen molar-refractivity contribution in [3.63, 3.8) is 0 Å². The SMILES string of the molecule is COc1ccc([C@H]2[C@@H]3CN(Cc4cnsc4)C[C@@H]3CN2C(C)=O)cc1. The molecule has 0 radical (unpaired) electrons. The summed E-state index contributed by atoms with van der Waals surface area (Å²) < 4.78 is 9.48. The van der Waals surface area contributed by atoms with Gasteiger partial charge in [-0.05, 0) is 40.7 Å². The molecule has 6 heteroatoms. The van der Waals surface area contributed by atoms with E-state index in [9.17, 15) is 4.79 Å². The fourth-order valence-corrected chi connectivity index (χ4v) is 4.91. The van der Waals surface area contributed by atoms with Crippen molar-refractivity contribution in [2.45, 2.75) is 19.5 Å². The maximum atomic E-state index is 12.2. The quantitative estimate of drug-likeness (QED) is 0.844. The van der Waals surface area contributed by atoms with E-state index in [-0.39, 0.29) is 11.9 Å². The third-order valence-corrected chi connectivity index (χ3v) is 6.13. The number of hydrogen-bond acceptors (Lipinski definition) is 5. The second-order valence-corrected chi connectivity index (χ2v) is 7.70. The molecule has 0 unspecified atom stereocenters. The topological polar surface area (TPSA) is 45.7 Å². The molecule has 3 heterocycles. The molecule has 4 rings (SSSR count). The predicted molar refractivity (Wildman–Crippen MR) is 97.5 cm³/mol. The third kappa shape index (κ3) is 3.16. The molecular weight excluding hydrogens is 334 g/mol. The molecule has 2 saturated heterocycles. The molecule has 1 aromatic carbocycles. The van der Waals surface area contributed by atoms with Gasteiger partial charge in [0.25, 0.3) is 0 Å². The maximum absolute atomic E-state index is 12.2. The second kappa shape index (κ2) is 6.77. The van der Waals surface area contributed by atoms with Gasteiger partial charge in [0, 0.05) is 50.6 Å². The first kappa shape index (κ1) is 16.5. The van der Waals surface area contributed by atoms with Gasteiger partial charge in [-0.15, -0.1) is 0 Å². The summed E-state index contributed by atoms with van der Waals surface area (Å²) in [6.45, 7) is 5.58. The summed E-state index contributed by atoms with van der Waals surface area (Å²) >= 11 is 1.51. The lowest BCUT2D eigenvalue weighted by molar-refractivity contribution is -0.130. The molecule has 1 amide bonds. The first-order chi connectivity index (χ1) is 12.2. The first-order valence-corrected chi connectivity index (χ1v) is 9.51. The molecule has 0 saturated carbocycles. The van der Waals surface area contributed by atoms with Crippen LogP contribution in [0.5, 0.6) is 5.75 Å². The van der Waals surface area contributed by atoms with Crippen LogP contribution in [-0.2, 0) is 11.3 Å². The number of ether oxygens (including phenoxy) is 1. The van der Waals surface area contributed by atoms with E-state index >= 15 is 0 Å².